The molecule has 0 atom stereocenters. The SMILES string of the molecule is COc1ccc(CN2C(=O)c3ccc(C(=O)Nc4oc(C)c(C)c4C#N)cc3C2=O)cc1. The monoisotopic (exact) mass is 429 g/mol. The van der Waals surface area contributed by atoms with E-state index in [1.54, 1.807) is 45.2 Å². The highest BCUT2D eigenvalue weighted by Gasteiger charge is 2.36. The minimum absolute atomic E-state index is 0.0523. The number of nitriles is 1. The van der Waals surface area contributed by atoms with Crippen molar-refractivity contribution in [2.75, 3.05) is 12.4 Å². The molecule has 0 aliphatic carbocycles. The number of amides is 3. The molecule has 0 radical (unpaired) electrons. The molecule has 0 saturated carbocycles. The Balaban J connectivity index is 1.56. The van der Waals surface area contributed by atoms with Crippen LogP contribution in [0.2, 0.25) is 0 Å². The van der Waals surface area contributed by atoms with E-state index in [0.29, 0.717) is 17.1 Å². The number of carbonyl (C=O) groups excluding carboxylic acids is 3. The summed E-state index contributed by atoms with van der Waals surface area (Å²) in [6.45, 7) is 3.53. The molecular weight excluding hydrogens is 410 g/mol. The zero-order valence-electron chi connectivity index (χ0n) is 17.7. The van der Waals surface area contributed by atoms with Crippen molar-refractivity contribution in [1.82, 2.24) is 4.90 Å². The number of aryl methyl sites for hydroxylation is 1. The fraction of sp³-hybridized carbons (Fsp3) is 0.167. The Labute approximate surface area is 184 Å². The Hall–Kier alpha value is -4.38. The lowest BCUT2D eigenvalue weighted by Crippen LogP contribution is -2.29. The maximum Gasteiger partial charge on any atom is 0.261 e. The number of hydrogen-bond acceptors (Lipinski definition) is 6. The summed E-state index contributed by atoms with van der Waals surface area (Å²) in [5.41, 5.74) is 2.23. The second-order valence-corrected chi connectivity index (χ2v) is 7.36. The van der Waals surface area contributed by atoms with Gasteiger partial charge in [0.15, 0.2) is 0 Å². The van der Waals surface area contributed by atoms with Gasteiger partial charge in [-0.25, -0.2) is 0 Å². The van der Waals surface area contributed by atoms with Gasteiger partial charge in [0.2, 0.25) is 5.88 Å². The molecule has 0 spiro atoms. The molecule has 160 valence electrons. The summed E-state index contributed by atoms with van der Waals surface area (Å²) in [5.74, 6) is -0.188. The lowest BCUT2D eigenvalue weighted by molar-refractivity contribution is 0.0642. The number of carbonyl (C=O) groups is 3. The number of benzene rings is 2. The molecule has 2 heterocycles. The number of anilines is 1. The summed E-state index contributed by atoms with van der Waals surface area (Å²) in [6.07, 6.45) is 0. The fourth-order valence-electron chi connectivity index (χ4n) is 3.51. The van der Waals surface area contributed by atoms with Crippen LogP contribution in [0, 0.1) is 25.2 Å². The smallest absolute Gasteiger partial charge is 0.261 e. The molecule has 0 saturated heterocycles. The quantitative estimate of drug-likeness (QED) is 0.617. The fourth-order valence-corrected chi connectivity index (χ4v) is 3.51. The van der Waals surface area contributed by atoms with Crippen molar-refractivity contribution >= 4 is 23.6 Å². The van der Waals surface area contributed by atoms with E-state index in [1.165, 1.54) is 18.2 Å². The summed E-state index contributed by atoms with van der Waals surface area (Å²) in [6, 6.07) is 13.4. The van der Waals surface area contributed by atoms with Gasteiger partial charge in [-0.05, 0) is 49.7 Å². The van der Waals surface area contributed by atoms with Gasteiger partial charge in [0, 0.05) is 11.1 Å². The second kappa shape index (κ2) is 8.04. The van der Waals surface area contributed by atoms with Crippen LogP contribution in [-0.2, 0) is 6.54 Å². The van der Waals surface area contributed by atoms with Crippen LogP contribution >= 0.6 is 0 Å². The van der Waals surface area contributed by atoms with E-state index < -0.39 is 17.7 Å². The molecule has 2 aromatic carbocycles. The Kier molecular flexibility index (Phi) is 5.24. The number of nitrogens with zero attached hydrogens (tertiary/aromatic N) is 2. The average molecular weight is 429 g/mol. The maximum atomic E-state index is 12.9. The number of nitrogens with one attached hydrogen (secondary N) is 1. The Morgan fingerprint density at radius 1 is 1.09 bits per heavy atom. The Bertz CT molecular complexity index is 1300. The van der Waals surface area contributed by atoms with Gasteiger partial charge in [-0.15, -0.1) is 0 Å². The van der Waals surface area contributed by atoms with Crippen LogP contribution in [-0.4, -0.2) is 29.7 Å². The molecule has 8 nitrogen and oxygen atoms in total. The highest BCUT2D eigenvalue weighted by atomic mass is 16.5. The van der Waals surface area contributed by atoms with Gasteiger partial charge < -0.3 is 9.15 Å². The first-order valence-corrected chi connectivity index (χ1v) is 9.78. The number of rotatable bonds is 5. The summed E-state index contributed by atoms with van der Waals surface area (Å²) < 4.78 is 10.6. The first kappa shape index (κ1) is 20.9. The number of hydrogen-bond donors (Lipinski definition) is 1. The first-order valence-electron chi connectivity index (χ1n) is 9.78. The normalized spacial score (nSPS) is 12.5. The first-order chi connectivity index (χ1) is 15.3. The predicted octanol–water partition coefficient (Wildman–Crippen LogP) is 3.83. The second-order valence-electron chi connectivity index (χ2n) is 7.36. The Morgan fingerprint density at radius 2 is 1.78 bits per heavy atom. The van der Waals surface area contributed by atoms with Crippen LogP contribution < -0.4 is 10.1 Å². The molecule has 4 rings (SSSR count). The molecule has 3 amide bonds. The van der Waals surface area contributed by atoms with Crippen molar-refractivity contribution in [1.29, 1.82) is 5.26 Å². The van der Waals surface area contributed by atoms with Gasteiger partial charge in [-0.1, -0.05) is 12.1 Å². The van der Waals surface area contributed by atoms with Crippen molar-refractivity contribution < 1.29 is 23.5 Å². The number of methoxy groups -OCH3 is 1. The molecule has 1 aliphatic heterocycles. The van der Waals surface area contributed by atoms with Crippen molar-refractivity contribution in [3.05, 3.63) is 81.6 Å². The number of imide groups is 1. The number of furan rings is 1. The van der Waals surface area contributed by atoms with E-state index in [0.717, 1.165) is 10.5 Å². The molecule has 0 fully saturated rings. The third-order valence-electron chi connectivity index (χ3n) is 5.46. The topological polar surface area (TPSA) is 113 Å². The van der Waals surface area contributed by atoms with E-state index in [-0.39, 0.29) is 34.7 Å². The van der Waals surface area contributed by atoms with E-state index >= 15 is 0 Å². The standard InChI is InChI=1S/C24H19N3O5/c1-13-14(2)32-22(20(13)11-25)26-21(28)16-6-9-18-19(10-16)24(30)27(23(18)29)12-15-4-7-17(31-3)8-5-15/h4-10H,12H2,1-3H3,(H,26,28). The third-order valence-corrected chi connectivity index (χ3v) is 5.46. The predicted molar refractivity (Wildman–Crippen MR) is 114 cm³/mol. The highest BCUT2D eigenvalue weighted by Crippen LogP contribution is 2.28. The lowest BCUT2D eigenvalue weighted by atomic mass is 10.1. The number of fused-ring (bicyclic) bond motifs is 1. The van der Waals surface area contributed by atoms with Gasteiger partial charge in [0.05, 0.1) is 24.8 Å². The van der Waals surface area contributed by atoms with Gasteiger partial charge >= 0.3 is 0 Å². The van der Waals surface area contributed by atoms with E-state index in [4.69, 9.17) is 9.15 Å². The van der Waals surface area contributed by atoms with Crippen molar-refractivity contribution in [3.63, 3.8) is 0 Å². The molecule has 8 heteroatoms. The molecular formula is C24H19N3O5. The average Bonchev–Trinajstić information content (AvgIpc) is 3.20. The van der Waals surface area contributed by atoms with Gasteiger partial charge in [0.1, 0.15) is 23.1 Å². The zero-order chi connectivity index (χ0) is 23.0. The van der Waals surface area contributed by atoms with Crippen LogP contribution in [0.5, 0.6) is 5.75 Å². The van der Waals surface area contributed by atoms with Crippen LogP contribution in [0.4, 0.5) is 5.88 Å². The van der Waals surface area contributed by atoms with Gasteiger partial charge in [-0.3, -0.25) is 24.6 Å². The van der Waals surface area contributed by atoms with Crippen molar-refractivity contribution in [2.24, 2.45) is 0 Å². The van der Waals surface area contributed by atoms with Gasteiger partial charge in [-0.2, -0.15) is 5.26 Å². The van der Waals surface area contributed by atoms with Crippen LogP contribution in [0.25, 0.3) is 0 Å². The van der Waals surface area contributed by atoms with Crippen LogP contribution in [0.15, 0.2) is 46.9 Å². The summed E-state index contributed by atoms with van der Waals surface area (Å²) in [7, 11) is 1.56. The lowest BCUT2D eigenvalue weighted by Gasteiger charge is -2.14. The molecule has 1 aliphatic rings. The largest absolute Gasteiger partial charge is 0.497 e. The highest BCUT2D eigenvalue weighted by molar-refractivity contribution is 6.22. The van der Waals surface area contributed by atoms with Crippen molar-refractivity contribution in [3.8, 4) is 11.8 Å². The summed E-state index contributed by atoms with van der Waals surface area (Å²) in [4.78, 5) is 39.5. The van der Waals surface area contributed by atoms with E-state index in [2.05, 4.69) is 5.32 Å². The van der Waals surface area contributed by atoms with Crippen LogP contribution in [0.3, 0.4) is 0 Å². The molecule has 1 N–H and O–H groups in total. The minimum Gasteiger partial charge on any atom is -0.497 e. The maximum absolute atomic E-state index is 12.9. The minimum atomic E-state index is -0.549. The summed E-state index contributed by atoms with van der Waals surface area (Å²) in [5, 5.41) is 11.9. The molecule has 32 heavy (non-hydrogen) atoms. The molecule has 1 aromatic heterocycles. The molecule has 0 unspecified atom stereocenters. The zero-order valence-corrected chi connectivity index (χ0v) is 17.7. The van der Waals surface area contributed by atoms with Crippen molar-refractivity contribution in [2.45, 2.75) is 20.4 Å². The Morgan fingerprint density at radius 3 is 2.44 bits per heavy atom. The van der Waals surface area contributed by atoms with E-state index in [9.17, 15) is 19.6 Å². The molecule has 3 aromatic rings. The summed E-state index contributed by atoms with van der Waals surface area (Å²) >= 11 is 0. The van der Waals surface area contributed by atoms with Crippen LogP contribution in [0.1, 0.15) is 53.5 Å². The van der Waals surface area contributed by atoms with E-state index in [1.807, 2.05) is 6.07 Å². The van der Waals surface area contributed by atoms with Gasteiger partial charge in [0.25, 0.3) is 17.7 Å². The third kappa shape index (κ3) is 3.50. The number of ether oxygens (including phenoxy) is 1. The molecule has 0 bridgehead atoms.